The summed E-state index contributed by atoms with van der Waals surface area (Å²) >= 11 is 0. The molecule has 9 nitrogen and oxygen atoms in total. The Kier molecular flexibility index (Phi) is 6.29. The number of benzene rings is 2. The second kappa shape index (κ2) is 9.53. The van der Waals surface area contributed by atoms with Gasteiger partial charge in [0.15, 0.2) is 17.3 Å². The fourth-order valence-corrected chi connectivity index (χ4v) is 4.91. The highest BCUT2D eigenvalue weighted by molar-refractivity contribution is 5.92. The number of fused-ring (bicyclic) bond motifs is 2. The Morgan fingerprint density at radius 1 is 1.17 bits per heavy atom. The number of nitrogens with two attached hydrogens (primary N) is 1. The number of piperazine rings is 1. The van der Waals surface area contributed by atoms with Gasteiger partial charge in [-0.05, 0) is 30.2 Å². The zero-order chi connectivity index (χ0) is 24.5. The summed E-state index contributed by atoms with van der Waals surface area (Å²) in [5, 5.41) is 3.84. The van der Waals surface area contributed by atoms with Crippen molar-refractivity contribution in [2.75, 3.05) is 57.6 Å². The third-order valence-electron chi connectivity index (χ3n) is 6.80. The first kappa shape index (κ1) is 23.1. The fraction of sp³-hybridized carbons (Fsp3) is 0.400. The lowest BCUT2D eigenvalue weighted by atomic mass is 9.92. The topological polar surface area (TPSA) is 106 Å². The normalized spacial score (nSPS) is 17.9. The van der Waals surface area contributed by atoms with E-state index in [1.165, 1.54) is 25.3 Å². The van der Waals surface area contributed by atoms with Crippen LogP contribution in [-0.2, 0) is 11.2 Å². The van der Waals surface area contributed by atoms with Crippen LogP contribution in [0, 0.1) is 5.82 Å². The van der Waals surface area contributed by atoms with Gasteiger partial charge in [-0.15, -0.1) is 0 Å². The molecule has 1 aromatic heterocycles. The minimum absolute atomic E-state index is 0.0302. The monoisotopic (exact) mass is 480 g/mol. The molecule has 10 heteroatoms. The van der Waals surface area contributed by atoms with Crippen molar-refractivity contribution in [2.45, 2.75) is 18.9 Å². The first-order valence-electron chi connectivity index (χ1n) is 11.7. The standard InChI is InChI=1S/C25H29FN6O3/c1-34-19-13-17-22(21(26)23(19)35-2)29-25(30-24(17)27)32-11-9-31(10-12-32)20(33)14-18-16-6-4-3-5-15(16)7-8-28-18/h3-6,13,18,28H,7-12,14H2,1-2H3,(H2,27,29,30). The third kappa shape index (κ3) is 4.29. The largest absolute Gasteiger partial charge is 0.493 e. The Morgan fingerprint density at radius 2 is 1.94 bits per heavy atom. The number of amides is 1. The van der Waals surface area contributed by atoms with Gasteiger partial charge in [0.1, 0.15) is 11.3 Å². The number of aromatic nitrogens is 2. The molecule has 3 heterocycles. The number of hydrogen-bond donors (Lipinski definition) is 2. The van der Waals surface area contributed by atoms with E-state index in [0.717, 1.165) is 13.0 Å². The van der Waals surface area contributed by atoms with Gasteiger partial charge >= 0.3 is 0 Å². The number of halogens is 1. The quantitative estimate of drug-likeness (QED) is 0.573. The number of carbonyl (C=O) groups excluding carboxylic acids is 1. The van der Waals surface area contributed by atoms with Gasteiger partial charge in [0.05, 0.1) is 14.2 Å². The summed E-state index contributed by atoms with van der Waals surface area (Å²) in [6.45, 7) is 2.99. The van der Waals surface area contributed by atoms with Crippen molar-refractivity contribution in [3.05, 3.63) is 47.3 Å². The highest BCUT2D eigenvalue weighted by Gasteiger charge is 2.28. The predicted molar refractivity (Wildman–Crippen MR) is 131 cm³/mol. The molecule has 35 heavy (non-hydrogen) atoms. The maximum Gasteiger partial charge on any atom is 0.228 e. The molecule has 184 valence electrons. The van der Waals surface area contributed by atoms with Crippen LogP contribution in [0.25, 0.3) is 10.9 Å². The maximum absolute atomic E-state index is 15.1. The number of nitrogen functional groups attached to an aromatic ring is 1. The van der Waals surface area contributed by atoms with Crippen LogP contribution in [-0.4, -0.2) is 67.7 Å². The summed E-state index contributed by atoms with van der Waals surface area (Å²) in [6, 6.07) is 9.90. The lowest BCUT2D eigenvalue weighted by molar-refractivity contribution is -0.132. The summed E-state index contributed by atoms with van der Waals surface area (Å²) in [6.07, 6.45) is 1.40. The second-order valence-corrected chi connectivity index (χ2v) is 8.76. The minimum atomic E-state index is -0.647. The lowest BCUT2D eigenvalue weighted by Gasteiger charge is -2.36. The summed E-state index contributed by atoms with van der Waals surface area (Å²) in [4.78, 5) is 25.7. The molecule has 2 aromatic carbocycles. The summed E-state index contributed by atoms with van der Waals surface area (Å²) in [5.41, 5.74) is 8.74. The second-order valence-electron chi connectivity index (χ2n) is 8.76. The number of hydrogen-bond acceptors (Lipinski definition) is 8. The molecule has 3 aromatic rings. The van der Waals surface area contributed by atoms with E-state index >= 15 is 4.39 Å². The van der Waals surface area contributed by atoms with E-state index in [1.807, 2.05) is 21.9 Å². The Morgan fingerprint density at radius 3 is 2.69 bits per heavy atom. The van der Waals surface area contributed by atoms with Gasteiger partial charge in [-0.3, -0.25) is 4.79 Å². The number of methoxy groups -OCH3 is 2. The van der Waals surface area contributed by atoms with Gasteiger partial charge in [0, 0.05) is 44.0 Å². The van der Waals surface area contributed by atoms with Gasteiger partial charge in [-0.1, -0.05) is 24.3 Å². The van der Waals surface area contributed by atoms with E-state index < -0.39 is 5.82 Å². The third-order valence-corrected chi connectivity index (χ3v) is 6.80. The molecule has 5 rings (SSSR count). The van der Waals surface area contributed by atoms with Gasteiger partial charge in [-0.2, -0.15) is 4.98 Å². The van der Waals surface area contributed by atoms with E-state index in [9.17, 15) is 4.79 Å². The fourth-order valence-electron chi connectivity index (χ4n) is 4.91. The van der Waals surface area contributed by atoms with Crippen molar-refractivity contribution < 1.29 is 18.7 Å². The maximum atomic E-state index is 15.1. The van der Waals surface area contributed by atoms with E-state index in [1.54, 1.807) is 6.07 Å². The number of anilines is 2. The van der Waals surface area contributed by atoms with Crippen molar-refractivity contribution in [3.63, 3.8) is 0 Å². The van der Waals surface area contributed by atoms with Crippen molar-refractivity contribution in [3.8, 4) is 11.5 Å². The lowest BCUT2D eigenvalue weighted by Crippen LogP contribution is -2.50. The molecule has 0 radical (unpaired) electrons. The van der Waals surface area contributed by atoms with E-state index in [0.29, 0.717) is 43.9 Å². The number of nitrogens with one attached hydrogen (secondary N) is 1. The van der Waals surface area contributed by atoms with Gasteiger partial charge < -0.3 is 30.3 Å². The zero-order valence-corrected chi connectivity index (χ0v) is 19.9. The molecule has 1 amide bonds. The Labute approximate surface area is 203 Å². The van der Waals surface area contributed by atoms with Crippen LogP contribution in [0.4, 0.5) is 16.2 Å². The SMILES string of the molecule is COc1cc2c(N)nc(N3CCN(C(=O)CC4NCCc5ccccc54)CC3)nc2c(F)c1OC. The highest BCUT2D eigenvalue weighted by Crippen LogP contribution is 2.37. The minimum Gasteiger partial charge on any atom is -0.493 e. The van der Waals surface area contributed by atoms with Crippen LogP contribution < -0.4 is 25.4 Å². The number of rotatable bonds is 5. The molecule has 0 bridgehead atoms. The first-order valence-corrected chi connectivity index (χ1v) is 11.7. The first-order chi connectivity index (χ1) is 17.0. The molecule has 1 unspecified atom stereocenters. The average molecular weight is 481 g/mol. The van der Waals surface area contributed by atoms with Crippen LogP contribution in [0.15, 0.2) is 30.3 Å². The van der Waals surface area contributed by atoms with Crippen LogP contribution in [0.1, 0.15) is 23.6 Å². The molecule has 0 saturated carbocycles. The van der Waals surface area contributed by atoms with Crippen LogP contribution >= 0.6 is 0 Å². The van der Waals surface area contributed by atoms with Gasteiger partial charge in [0.2, 0.25) is 11.9 Å². The van der Waals surface area contributed by atoms with E-state index in [2.05, 4.69) is 27.4 Å². The van der Waals surface area contributed by atoms with Crippen LogP contribution in [0.2, 0.25) is 0 Å². The van der Waals surface area contributed by atoms with Crippen LogP contribution in [0.5, 0.6) is 11.5 Å². The average Bonchev–Trinajstić information content (AvgIpc) is 2.89. The molecule has 2 aliphatic rings. The van der Waals surface area contributed by atoms with Crippen molar-refractivity contribution >= 4 is 28.6 Å². The van der Waals surface area contributed by atoms with Crippen molar-refractivity contribution in [2.24, 2.45) is 0 Å². The van der Waals surface area contributed by atoms with Crippen LogP contribution in [0.3, 0.4) is 0 Å². The molecule has 1 fully saturated rings. The predicted octanol–water partition coefficient (Wildman–Crippen LogP) is 2.29. The molecular formula is C25H29FN6O3. The molecule has 1 atom stereocenters. The Balaban J connectivity index is 1.29. The Bertz CT molecular complexity index is 1260. The van der Waals surface area contributed by atoms with Crippen molar-refractivity contribution in [1.29, 1.82) is 0 Å². The van der Waals surface area contributed by atoms with E-state index in [-0.39, 0.29) is 34.8 Å². The molecule has 3 N–H and O–H groups in total. The molecule has 2 aliphatic heterocycles. The summed E-state index contributed by atoms with van der Waals surface area (Å²) < 4.78 is 25.5. The highest BCUT2D eigenvalue weighted by atomic mass is 19.1. The number of ether oxygens (including phenoxy) is 2. The summed E-state index contributed by atoms with van der Waals surface area (Å²) in [5.74, 6) is 0.147. The van der Waals surface area contributed by atoms with Crippen molar-refractivity contribution in [1.82, 2.24) is 20.2 Å². The molecule has 1 saturated heterocycles. The van der Waals surface area contributed by atoms with Gasteiger partial charge in [0.25, 0.3) is 0 Å². The zero-order valence-electron chi connectivity index (χ0n) is 19.9. The smallest absolute Gasteiger partial charge is 0.228 e. The molecule has 0 aliphatic carbocycles. The molecular weight excluding hydrogens is 451 g/mol. The number of carbonyl (C=O) groups is 1. The summed E-state index contributed by atoms with van der Waals surface area (Å²) in [7, 11) is 2.80. The van der Waals surface area contributed by atoms with E-state index in [4.69, 9.17) is 15.2 Å². The molecule has 0 spiro atoms. The Hall–Kier alpha value is -3.66. The van der Waals surface area contributed by atoms with Gasteiger partial charge in [-0.25, -0.2) is 9.37 Å². The number of nitrogens with zero attached hydrogens (tertiary/aromatic N) is 4.